The summed E-state index contributed by atoms with van der Waals surface area (Å²) in [7, 11) is 0. The highest BCUT2D eigenvalue weighted by Gasteiger charge is 2.29. The Hall–Kier alpha value is -1.42. The predicted octanol–water partition coefficient (Wildman–Crippen LogP) is 3.51. The Morgan fingerprint density at radius 3 is 3.11 bits per heavy atom. The van der Waals surface area contributed by atoms with E-state index in [1.165, 1.54) is 18.6 Å². The number of benzene rings is 1. The number of nitrogens with two attached hydrogens (primary N) is 1. The molecule has 19 heavy (non-hydrogen) atoms. The molecule has 1 atom stereocenters. The molecule has 0 amide bonds. The minimum absolute atomic E-state index is 0.350. The van der Waals surface area contributed by atoms with E-state index < -0.39 is 0 Å². The van der Waals surface area contributed by atoms with Crippen LogP contribution in [-0.2, 0) is 0 Å². The molecule has 3 N–H and O–H groups in total. The lowest BCUT2D eigenvalue weighted by molar-refractivity contribution is 0.635. The number of nitrogen functional groups attached to an aromatic ring is 1. The van der Waals surface area contributed by atoms with Crippen LogP contribution in [0.4, 0.5) is 11.4 Å². The van der Waals surface area contributed by atoms with Gasteiger partial charge in [-0.1, -0.05) is 0 Å². The van der Waals surface area contributed by atoms with E-state index >= 15 is 0 Å². The molecule has 0 spiro atoms. The Kier molecular flexibility index (Phi) is 3.27. The molecule has 3 rings (SSSR count). The van der Waals surface area contributed by atoms with E-state index in [1.54, 1.807) is 0 Å². The summed E-state index contributed by atoms with van der Waals surface area (Å²) in [6.07, 6.45) is 4.42. The average molecular weight is 273 g/mol. The third-order valence-electron chi connectivity index (χ3n) is 3.76. The summed E-state index contributed by atoms with van der Waals surface area (Å²) in [6.45, 7) is 3.32. The van der Waals surface area contributed by atoms with Crippen molar-refractivity contribution in [1.29, 1.82) is 0 Å². The van der Waals surface area contributed by atoms with E-state index in [1.807, 2.05) is 30.5 Å². The molecule has 0 radical (unpaired) electrons. The molecule has 1 aliphatic rings. The third-order valence-corrected chi connectivity index (χ3v) is 5.29. The highest BCUT2D eigenvalue weighted by molar-refractivity contribution is 8.00. The Morgan fingerprint density at radius 1 is 1.42 bits per heavy atom. The number of nitrogens with one attached hydrogen (secondary N) is 1. The van der Waals surface area contributed by atoms with Gasteiger partial charge in [-0.25, -0.2) is 0 Å². The first-order valence-corrected chi connectivity index (χ1v) is 7.68. The van der Waals surface area contributed by atoms with Crippen LogP contribution in [0.2, 0.25) is 0 Å². The van der Waals surface area contributed by atoms with Crippen molar-refractivity contribution in [2.45, 2.75) is 24.5 Å². The molecular formula is C15H19N3S. The van der Waals surface area contributed by atoms with E-state index in [-0.39, 0.29) is 0 Å². The molecule has 100 valence electrons. The largest absolute Gasteiger partial charge is 0.398 e. The zero-order valence-electron chi connectivity index (χ0n) is 11.1. The molecule has 0 aliphatic carbocycles. The number of nitrogens with zero attached hydrogens (tertiary/aromatic N) is 1. The smallest absolute Gasteiger partial charge is 0.0953 e. The molecule has 1 aliphatic heterocycles. The fourth-order valence-corrected chi connectivity index (χ4v) is 3.84. The SMILES string of the molecule is CC1(CNc2ccc(N)c3cccnc23)CCCS1. The molecule has 1 aromatic heterocycles. The zero-order valence-corrected chi connectivity index (χ0v) is 12.0. The van der Waals surface area contributed by atoms with Gasteiger partial charge in [0.2, 0.25) is 0 Å². The van der Waals surface area contributed by atoms with Gasteiger partial charge in [0.25, 0.3) is 0 Å². The maximum atomic E-state index is 6.00. The third kappa shape index (κ3) is 2.50. The number of hydrogen-bond acceptors (Lipinski definition) is 4. The number of hydrogen-bond donors (Lipinski definition) is 2. The van der Waals surface area contributed by atoms with Gasteiger partial charge >= 0.3 is 0 Å². The second-order valence-corrected chi connectivity index (χ2v) is 7.04. The highest BCUT2D eigenvalue weighted by Crippen LogP contribution is 2.38. The van der Waals surface area contributed by atoms with Crippen molar-refractivity contribution in [2.24, 2.45) is 0 Å². The molecule has 4 heteroatoms. The van der Waals surface area contributed by atoms with Crippen LogP contribution in [0.5, 0.6) is 0 Å². The van der Waals surface area contributed by atoms with E-state index in [0.29, 0.717) is 4.75 Å². The molecule has 1 saturated heterocycles. The minimum Gasteiger partial charge on any atom is -0.398 e. The first kappa shape index (κ1) is 12.6. The van der Waals surface area contributed by atoms with E-state index in [9.17, 15) is 0 Å². The summed E-state index contributed by atoms with van der Waals surface area (Å²) in [6, 6.07) is 7.94. The van der Waals surface area contributed by atoms with Crippen LogP contribution in [0.3, 0.4) is 0 Å². The van der Waals surface area contributed by atoms with Gasteiger partial charge in [-0.15, -0.1) is 0 Å². The zero-order chi connectivity index (χ0) is 13.3. The van der Waals surface area contributed by atoms with Crippen LogP contribution in [0.15, 0.2) is 30.5 Å². The summed E-state index contributed by atoms with van der Waals surface area (Å²) in [5.41, 5.74) is 8.83. The second kappa shape index (κ2) is 4.93. The lowest BCUT2D eigenvalue weighted by atomic mass is 10.1. The molecular weight excluding hydrogens is 254 g/mol. The van der Waals surface area contributed by atoms with Crippen molar-refractivity contribution in [1.82, 2.24) is 4.98 Å². The Bertz CT molecular complexity index is 591. The molecule has 0 bridgehead atoms. The van der Waals surface area contributed by atoms with Gasteiger partial charge in [0, 0.05) is 28.6 Å². The van der Waals surface area contributed by atoms with Gasteiger partial charge in [0.1, 0.15) is 0 Å². The molecule has 1 unspecified atom stereocenters. The maximum absolute atomic E-state index is 6.00. The van der Waals surface area contributed by atoms with E-state index in [0.717, 1.165) is 28.8 Å². The van der Waals surface area contributed by atoms with Gasteiger partial charge in [0.05, 0.1) is 11.2 Å². The van der Waals surface area contributed by atoms with Crippen molar-refractivity contribution >= 4 is 34.0 Å². The standard InChI is InChI=1S/C15H19N3S/c1-15(7-3-9-19-15)10-18-13-6-5-12(16)11-4-2-8-17-14(11)13/h2,4-6,8,18H,3,7,9-10,16H2,1H3. The summed E-state index contributed by atoms with van der Waals surface area (Å²) in [5.74, 6) is 1.28. The van der Waals surface area contributed by atoms with E-state index in [2.05, 4.69) is 29.0 Å². The first-order chi connectivity index (χ1) is 9.18. The minimum atomic E-state index is 0.350. The van der Waals surface area contributed by atoms with E-state index in [4.69, 9.17) is 5.73 Å². The monoisotopic (exact) mass is 273 g/mol. The van der Waals surface area contributed by atoms with Crippen LogP contribution in [-0.4, -0.2) is 22.0 Å². The van der Waals surface area contributed by atoms with Crippen LogP contribution in [0.25, 0.3) is 10.9 Å². The second-order valence-electron chi connectivity index (χ2n) is 5.36. The Balaban J connectivity index is 1.87. The van der Waals surface area contributed by atoms with Crippen molar-refractivity contribution in [3.63, 3.8) is 0 Å². The van der Waals surface area contributed by atoms with Crippen LogP contribution < -0.4 is 11.1 Å². The number of aromatic nitrogens is 1. The summed E-state index contributed by atoms with van der Waals surface area (Å²) < 4.78 is 0.350. The lowest BCUT2D eigenvalue weighted by Crippen LogP contribution is -2.27. The Morgan fingerprint density at radius 2 is 2.32 bits per heavy atom. The predicted molar refractivity (Wildman–Crippen MR) is 84.7 cm³/mol. The fourth-order valence-electron chi connectivity index (χ4n) is 2.60. The average Bonchev–Trinajstić information content (AvgIpc) is 2.86. The first-order valence-electron chi connectivity index (χ1n) is 6.69. The quantitative estimate of drug-likeness (QED) is 0.840. The van der Waals surface area contributed by atoms with Crippen LogP contribution in [0.1, 0.15) is 19.8 Å². The van der Waals surface area contributed by atoms with Gasteiger partial charge in [0.15, 0.2) is 0 Å². The van der Waals surface area contributed by atoms with Crippen molar-refractivity contribution in [3.05, 3.63) is 30.5 Å². The molecule has 1 aromatic carbocycles. The summed E-state index contributed by atoms with van der Waals surface area (Å²) >= 11 is 2.06. The number of thioether (sulfide) groups is 1. The van der Waals surface area contributed by atoms with Gasteiger partial charge < -0.3 is 11.1 Å². The van der Waals surface area contributed by atoms with Crippen molar-refractivity contribution < 1.29 is 0 Å². The lowest BCUT2D eigenvalue weighted by Gasteiger charge is -2.24. The van der Waals surface area contributed by atoms with Crippen LogP contribution >= 0.6 is 11.8 Å². The molecule has 2 aromatic rings. The van der Waals surface area contributed by atoms with Gasteiger partial charge in [-0.05, 0) is 49.8 Å². The van der Waals surface area contributed by atoms with Crippen LogP contribution in [0, 0.1) is 0 Å². The van der Waals surface area contributed by atoms with Gasteiger partial charge in [-0.2, -0.15) is 11.8 Å². The topological polar surface area (TPSA) is 50.9 Å². The normalized spacial score (nSPS) is 22.8. The molecule has 1 fully saturated rings. The number of fused-ring (bicyclic) bond motifs is 1. The maximum Gasteiger partial charge on any atom is 0.0953 e. The van der Waals surface area contributed by atoms with Gasteiger partial charge in [-0.3, -0.25) is 4.98 Å². The highest BCUT2D eigenvalue weighted by atomic mass is 32.2. The van der Waals surface area contributed by atoms with Crippen molar-refractivity contribution in [2.75, 3.05) is 23.3 Å². The molecule has 0 saturated carbocycles. The molecule has 2 heterocycles. The number of anilines is 2. The fraction of sp³-hybridized carbons (Fsp3) is 0.400. The van der Waals surface area contributed by atoms with Crippen molar-refractivity contribution in [3.8, 4) is 0 Å². The Labute approximate surface area is 118 Å². The summed E-state index contributed by atoms with van der Waals surface area (Å²) in [4.78, 5) is 4.46. The number of pyridine rings is 1. The molecule has 3 nitrogen and oxygen atoms in total. The summed E-state index contributed by atoms with van der Waals surface area (Å²) in [5, 5.41) is 4.58. The number of rotatable bonds is 3.